The van der Waals surface area contributed by atoms with Crippen LogP contribution >= 0.6 is 0 Å². The summed E-state index contributed by atoms with van der Waals surface area (Å²) in [6, 6.07) is 0. The largest absolute Gasteiger partial charge is 0.550 e. The number of ketones is 1. The topological polar surface area (TPSA) is 77.4 Å². The number of hydrogen-bond acceptors (Lipinski definition) is 4. The number of carboxylic acid groups (broad SMARTS) is 1. The quantitative estimate of drug-likeness (QED) is 0.657. The minimum atomic E-state index is -1.86. The highest BCUT2D eigenvalue weighted by Gasteiger charge is 2.42. The van der Waals surface area contributed by atoms with E-state index in [0.29, 0.717) is 4.48 Å². The minimum Gasteiger partial charge on any atom is -0.550 e. The number of likely N-dealkylation sites (N-methyl/N-ethyl adjacent to an activating group) is 1. The van der Waals surface area contributed by atoms with Crippen molar-refractivity contribution in [2.45, 2.75) is 39.2 Å². The van der Waals surface area contributed by atoms with Gasteiger partial charge < -0.3 is 19.5 Å². The third-order valence-electron chi connectivity index (χ3n) is 2.38. The maximum atomic E-state index is 12.1. The second kappa shape index (κ2) is 5.36. The van der Waals surface area contributed by atoms with Gasteiger partial charge in [-0.1, -0.05) is 20.8 Å². The van der Waals surface area contributed by atoms with Crippen molar-refractivity contribution in [2.24, 2.45) is 5.41 Å². The SMILES string of the molecule is CC(C)(C)CC(=O)C(O)(CC(=O)[O-])C[N+](C)(C)C. The third kappa shape index (κ3) is 6.71. The fourth-order valence-corrected chi connectivity index (χ4v) is 1.91. The number of quaternary nitrogens is 1. The Morgan fingerprint density at radius 1 is 1.11 bits per heavy atom. The van der Waals surface area contributed by atoms with Crippen molar-refractivity contribution in [3.63, 3.8) is 0 Å². The fourth-order valence-electron chi connectivity index (χ4n) is 1.91. The zero-order valence-electron chi connectivity index (χ0n) is 12.2. The van der Waals surface area contributed by atoms with E-state index in [1.165, 1.54) is 0 Å². The summed E-state index contributed by atoms with van der Waals surface area (Å²) in [6.45, 7) is 5.67. The normalized spacial score (nSPS) is 16.2. The molecule has 0 rings (SSSR count). The molecule has 0 saturated carbocycles. The van der Waals surface area contributed by atoms with E-state index in [9.17, 15) is 19.8 Å². The molecule has 0 aromatic heterocycles. The van der Waals surface area contributed by atoms with Gasteiger partial charge in [0.1, 0.15) is 6.54 Å². The number of carbonyl (C=O) groups excluding carboxylic acids is 2. The van der Waals surface area contributed by atoms with Crippen LogP contribution in [-0.4, -0.2) is 54.6 Å². The standard InChI is InChI=1S/C13H25NO4/c1-12(2,3)7-10(15)13(18,8-11(16)17)9-14(4,5)6/h18H,7-9H2,1-6H3. The van der Waals surface area contributed by atoms with E-state index < -0.39 is 23.8 Å². The molecule has 1 unspecified atom stereocenters. The van der Waals surface area contributed by atoms with Gasteiger partial charge in [-0.2, -0.15) is 0 Å². The first-order valence-corrected chi connectivity index (χ1v) is 6.01. The molecule has 0 aromatic carbocycles. The molecule has 1 N–H and O–H groups in total. The number of nitrogens with zero attached hydrogens (tertiary/aromatic N) is 1. The molecule has 106 valence electrons. The summed E-state index contributed by atoms with van der Waals surface area (Å²) >= 11 is 0. The Labute approximate surface area is 109 Å². The second-order valence-electron chi connectivity index (χ2n) is 7.19. The van der Waals surface area contributed by atoms with Crippen LogP contribution in [0.2, 0.25) is 0 Å². The smallest absolute Gasteiger partial charge is 0.177 e. The third-order valence-corrected chi connectivity index (χ3v) is 2.38. The van der Waals surface area contributed by atoms with Crippen LogP contribution < -0.4 is 5.11 Å². The van der Waals surface area contributed by atoms with Gasteiger partial charge in [-0.05, 0) is 5.41 Å². The lowest BCUT2D eigenvalue weighted by atomic mass is 9.82. The molecule has 1 atom stereocenters. The predicted octanol–water partition coefficient (Wildman–Crippen LogP) is -0.431. The number of carbonyl (C=O) groups is 2. The lowest BCUT2D eigenvalue weighted by Crippen LogP contribution is -2.56. The lowest BCUT2D eigenvalue weighted by molar-refractivity contribution is -0.875. The summed E-state index contributed by atoms with van der Waals surface area (Å²) in [6.07, 6.45) is -0.520. The first-order valence-electron chi connectivity index (χ1n) is 6.01. The Balaban J connectivity index is 5.09. The Morgan fingerprint density at radius 2 is 1.56 bits per heavy atom. The average molecular weight is 259 g/mol. The van der Waals surface area contributed by atoms with Crippen molar-refractivity contribution in [3.05, 3.63) is 0 Å². The molecule has 5 heteroatoms. The summed E-state index contributed by atoms with van der Waals surface area (Å²) in [4.78, 5) is 22.9. The number of rotatable bonds is 6. The molecule has 5 nitrogen and oxygen atoms in total. The molecule has 0 heterocycles. The predicted molar refractivity (Wildman–Crippen MR) is 66.6 cm³/mol. The van der Waals surface area contributed by atoms with Crippen molar-refractivity contribution >= 4 is 11.8 Å². The van der Waals surface area contributed by atoms with Gasteiger partial charge in [0.25, 0.3) is 0 Å². The van der Waals surface area contributed by atoms with Crippen LogP contribution in [0, 0.1) is 5.41 Å². The van der Waals surface area contributed by atoms with Crippen molar-refractivity contribution in [2.75, 3.05) is 27.7 Å². The van der Waals surface area contributed by atoms with Crippen molar-refractivity contribution in [1.82, 2.24) is 0 Å². The molecule has 0 bridgehead atoms. The number of carboxylic acids is 1. The van der Waals surface area contributed by atoms with Crippen molar-refractivity contribution < 1.29 is 24.3 Å². The molecular weight excluding hydrogens is 234 g/mol. The molecule has 0 amide bonds. The van der Waals surface area contributed by atoms with Crippen molar-refractivity contribution in [1.29, 1.82) is 0 Å². The number of aliphatic hydroxyl groups is 1. The summed E-state index contributed by atoms with van der Waals surface area (Å²) in [7, 11) is 5.39. The highest BCUT2D eigenvalue weighted by Crippen LogP contribution is 2.25. The maximum absolute atomic E-state index is 12.1. The average Bonchev–Trinajstić information content (AvgIpc) is 1.93. The summed E-state index contributed by atoms with van der Waals surface area (Å²) in [5, 5.41) is 21.1. The highest BCUT2D eigenvalue weighted by atomic mass is 16.4. The van der Waals surface area contributed by atoms with Gasteiger partial charge in [0, 0.05) is 18.8 Å². The maximum Gasteiger partial charge on any atom is 0.177 e. The van der Waals surface area contributed by atoms with Gasteiger partial charge >= 0.3 is 0 Å². The molecule has 0 aromatic rings. The van der Waals surface area contributed by atoms with E-state index >= 15 is 0 Å². The summed E-state index contributed by atoms with van der Waals surface area (Å²) in [5.41, 5.74) is -2.15. The van der Waals surface area contributed by atoms with Crippen LogP contribution in [0.15, 0.2) is 0 Å². The molecule has 0 aliphatic heterocycles. The van der Waals surface area contributed by atoms with Crippen LogP contribution in [0.25, 0.3) is 0 Å². The van der Waals surface area contributed by atoms with Gasteiger partial charge in [0.2, 0.25) is 0 Å². The molecule has 0 spiro atoms. The number of Topliss-reactive ketones (excluding diaryl/α,β-unsaturated/α-hetero) is 1. The van der Waals surface area contributed by atoms with Gasteiger partial charge in [0.15, 0.2) is 11.4 Å². The Morgan fingerprint density at radius 3 is 1.83 bits per heavy atom. The van der Waals surface area contributed by atoms with Gasteiger partial charge in [-0.25, -0.2) is 0 Å². The molecule has 0 radical (unpaired) electrons. The van der Waals surface area contributed by atoms with Crippen LogP contribution in [0.4, 0.5) is 0 Å². The molecule has 0 fully saturated rings. The molecule has 0 saturated heterocycles. The van der Waals surface area contributed by atoms with E-state index in [0.717, 1.165) is 0 Å². The van der Waals surface area contributed by atoms with E-state index in [2.05, 4.69) is 0 Å². The summed E-state index contributed by atoms with van der Waals surface area (Å²) in [5.74, 6) is -1.85. The molecule has 0 aliphatic rings. The first-order chi connectivity index (χ1) is 7.75. The van der Waals surface area contributed by atoms with Crippen LogP contribution in [-0.2, 0) is 9.59 Å². The zero-order chi connectivity index (χ0) is 14.8. The monoisotopic (exact) mass is 259 g/mol. The number of aliphatic carboxylic acids is 1. The van der Waals surface area contributed by atoms with Crippen LogP contribution in [0.3, 0.4) is 0 Å². The molecule has 18 heavy (non-hydrogen) atoms. The van der Waals surface area contributed by atoms with Gasteiger partial charge in [-0.15, -0.1) is 0 Å². The molecule has 0 aliphatic carbocycles. The Kier molecular flexibility index (Phi) is 5.08. The van der Waals surface area contributed by atoms with Crippen molar-refractivity contribution in [3.8, 4) is 0 Å². The van der Waals surface area contributed by atoms with E-state index in [1.807, 2.05) is 20.8 Å². The van der Waals surface area contributed by atoms with E-state index in [1.54, 1.807) is 21.1 Å². The zero-order valence-corrected chi connectivity index (χ0v) is 12.2. The van der Waals surface area contributed by atoms with Gasteiger partial charge in [0.05, 0.1) is 21.1 Å². The van der Waals surface area contributed by atoms with Crippen LogP contribution in [0.5, 0.6) is 0 Å². The first kappa shape index (κ1) is 17.1. The Hall–Kier alpha value is -0.940. The van der Waals surface area contributed by atoms with Gasteiger partial charge in [-0.3, -0.25) is 4.79 Å². The number of hydrogen-bond donors (Lipinski definition) is 1. The fraction of sp³-hybridized carbons (Fsp3) is 0.846. The lowest BCUT2D eigenvalue weighted by Gasteiger charge is -2.36. The van der Waals surface area contributed by atoms with E-state index in [4.69, 9.17) is 0 Å². The summed E-state index contributed by atoms with van der Waals surface area (Å²) < 4.78 is 0.305. The molecular formula is C13H25NO4. The minimum absolute atomic E-state index is 0.0515. The van der Waals surface area contributed by atoms with E-state index in [-0.39, 0.29) is 18.4 Å². The Bertz CT molecular complexity index is 325. The second-order valence-corrected chi connectivity index (χ2v) is 7.19. The highest BCUT2D eigenvalue weighted by molar-refractivity contribution is 5.91. The van der Waals surface area contributed by atoms with Crippen LogP contribution in [0.1, 0.15) is 33.6 Å².